The van der Waals surface area contributed by atoms with E-state index >= 15 is 0 Å². The van der Waals surface area contributed by atoms with Gasteiger partial charge in [-0.2, -0.15) is 5.10 Å². The summed E-state index contributed by atoms with van der Waals surface area (Å²) in [6.45, 7) is 3.88. The number of pyridine rings is 1. The van der Waals surface area contributed by atoms with Gasteiger partial charge in [0, 0.05) is 18.3 Å². The number of carbonyl (C=O) groups excluding carboxylic acids is 1. The predicted octanol–water partition coefficient (Wildman–Crippen LogP) is 1.92. The fourth-order valence-corrected chi connectivity index (χ4v) is 1.87. The molecule has 100 valence electrons. The minimum Gasteiger partial charge on any atom is -0.348 e. The van der Waals surface area contributed by atoms with Gasteiger partial charge >= 0.3 is 0 Å². The SMILES string of the molecule is Cc1cccc(C(C)NC(=O)CCc2cn[nH]c2)n1. The number of rotatable bonds is 5. The topological polar surface area (TPSA) is 70.7 Å². The van der Waals surface area contributed by atoms with Crippen LogP contribution in [0.3, 0.4) is 0 Å². The Kier molecular flexibility index (Phi) is 4.28. The van der Waals surface area contributed by atoms with Crippen LogP contribution in [0.4, 0.5) is 0 Å². The van der Waals surface area contributed by atoms with E-state index in [1.807, 2.05) is 32.0 Å². The van der Waals surface area contributed by atoms with Crippen molar-refractivity contribution in [3.05, 3.63) is 47.5 Å². The summed E-state index contributed by atoms with van der Waals surface area (Å²) >= 11 is 0. The maximum absolute atomic E-state index is 11.8. The Labute approximate surface area is 112 Å². The quantitative estimate of drug-likeness (QED) is 0.860. The van der Waals surface area contributed by atoms with Crippen LogP contribution in [0.2, 0.25) is 0 Å². The van der Waals surface area contributed by atoms with Gasteiger partial charge in [-0.15, -0.1) is 0 Å². The first-order valence-corrected chi connectivity index (χ1v) is 6.35. The summed E-state index contributed by atoms with van der Waals surface area (Å²) in [6.07, 6.45) is 4.68. The normalized spacial score (nSPS) is 12.1. The molecule has 2 heterocycles. The molecule has 1 unspecified atom stereocenters. The highest BCUT2D eigenvalue weighted by Gasteiger charge is 2.10. The van der Waals surface area contributed by atoms with Crippen molar-refractivity contribution < 1.29 is 4.79 Å². The highest BCUT2D eigenvalue weighted by atomic mass is 16.1. The van der Waals surface area contributed by atoms with Gasteiger partial charge in [0.05, 0.1) is 17.9 Å². The average molecular weight is 258 g/mol. The largest absolute Gasteiger partial charge is 0.348 e. The Hall–Kier alpha value is -2.17. The van der Waals surface area contributed by atoms with E-state index in [4.69, 9.17) is 0 Å². The second-order valence-electron chi connectivity index (χ2n) is 4.60. The van der Waals surface area contributed by atoms with Crippen LogP contribution in [0.5, 0.6) is 0 Å². The molecule has 5 nitrogen and oxygen atoms in total. The van der Waals surface area contributed by atoms with Crippen LogP contribution < -0.4 is 5.32 Å². The molecule has 2 aromatic rings. The number of aromatic nitrogens is 3. The number of aryl methyl sites for hydroxylation is 2. The molecular weight excluding hydrogens is 240 g/mol. The third-order valence-corrected chi connectivity index (χ3v) is 2.93. The molecule has 0 bridgehead atoms. The van der Waals surface area contributed by atoms with Crippen LogP contribution in [0.15, 0.2) is 30.6 Å². The molecule has 2 aromatic heterocycles. The van der Waals surface area contributed by atoms with Gasteiger partial charge in [-0.1, -0.05) is 6.07 Å². The molecule has 0 saturated heterocycles. The molecule has 2 rings (SSSR count). The van der Waals surface area contributed by atoms with Crippen molar-refractivity contribution in [1.29, 1.82) is 0 Å². The molecule has 2 N–H and O–H groups in total. The second-order valence-corrected chi connectivity index (χ2v) is 4.60. The second kappa shape index (κ2) is 6.13. The van der Waals surface area contributed by atoms with E-state index in [1.165, 1.54) is 0 Å². The van der Waals surface area contributed by atoms with Gasteiger partial charge in [0.1, 0.15) is 0 Å². The zero-order valence-corrected chi connectivity index (χ0v) is 11.2. The number of H-pyrrole nitrogens is 1. The number of carbonyl (C=O) groups is 1. The number of amides is 1. The lowest BCUT2D eigenvalue weighted by Gasteiger charge is -2.13. The van der Waals surface area contributed by atoms with Gasteiger partial charge in [0.25, 0.3) is 0 Å². The standard InChI is InChI=1S/C14H18N4O/c1-10-4-3-5-13(17-10)11(2)18-14(19)7-6-12-8-15-16-9-12/h3-5,8-9,11H,6-7H2,1-2H3,(H,15,16)(H,18,19). The van der Waals surface area contributed by atoms with Crippen molar-refractivity contribution in [2.45, 2.75) is 32.7 Å². The summed E-state index contributed by atoms with van der Waals surface area (Å²) in [4.78, 5) is 16.2. The first kappa shape index (κ1) is 13.3. The Morgan fingerprint density at radius 1 is 1.47 bits per heavy atom. The van der Waals surface area contributed by atoms with Crippen molar-refractivity contribution in [2.75, 3.05) is 0 Å². The van der Waals surface area contributed by atoms with Crippen molar-refractivity contribution in [3.63, 3.8) is 0 Å². The molecule has 19 heavy (non-hydrogen) atoms. The summed E-state index contributed by atoms with van der Waals surface area (Å²) in [6, 6.07) is 5.74. The molecule has 0 aliphatic heterocycles. The first-order valence-electron chi connectivity index (χ1n) is 6.35. The highest BCUT2D eigenvalue weighted by molar-refractivity contribution is 5.76. The van der Waals surface area contributed by atoms with Crippen LogP contribution in [-0.2, 0) is 11.2 Å². The molecule has 5 heteroatoms. The zero-order chi connectivity index (χ0) is 13.7. The molecule has 0 aliphatic carbocycles. The Balaban J connectivity index is 1.84. The fourth-order valence-electron chi connectivity index (χ4n) is 1.87. The predicted molar refractivity (Wildman–Crippen MR) is 72.4 cm³/mol. The number of nitrogens with zero attached hydrogens (tertiary/aromatic N) is 2. The minimum atomic E-state index is -0.0725. The van der Waals surface area contributed by atoms with E-state index in [1.54, 1.807) is 12.4 Å². The van der Waals surface area contributed by atoms with E-state index in [-0.39, 0.29) is 11.9 Å². The van der Waals surface area contributed by atoms with Gasteiger partial charge in [0.15, 0.2) is 0 Å². The number of aromatic amines is 1. The molecule has 0 aliphatic rings. The van der Waals surface area contributed by atoms with Crippen molar-refractivity contribution in [2.24, 2.45) is 0 Å². The lowest BCUT2D eigenvalue weighted by Crippen LogP contribution is -2.27. The van der Waals surface area contributed by atoms with Crippen LogP contribution in [-0.4, -0.2) is 21.1 Å². The van der Waals surface area contributed by atoms with E-state index in [9.17, 15) is 4.79 Å². The Morgan fingerprint density at radius 3 is 3.00 bits per heavy atom. The molecule has 0 aromatic carbocycles. The van der Waals surface area contributed by atoms with Crippen molar-refractivity contribution in [1.82, 2.24) is 20.5 Å². The van der Waals surface area contributed by atoms with Crippen LogP contribution >= 0.6 is 0 Å². The summed E-state index contributed by atoms with van der Waals surface area (Å²) < 4.78 is 0. The third kappa shape index (κ3) is 3.91. The van der Waals surface area contributed by atoms with Gasteiger partial charge in [0.2, 0.25) is 5.91 Å². The van der Waals surface area contributed by atoms with Crippen LogP contribution in [0.25, 0.3) is 0 Å². The first-order chi connectivity index (χ1) is 9.15. The molecular formula is C14H18N4O. The zero-order valence-electron chi connectivity index (χ0n) is 11.2. The molecule has 1 amide bonds. The Morgan fingerprint density at radius 2 is 2.32 bits per heavy atom. The number of nitrogens with one attached hydrogen (secondary N) is 2. The Bertz CT molecular complexity index is 536. The van der Waals surface area contributed by atoms with E-state index in [2.05, 4.69) is 20.5 Å². The maximum atomic E-state index is 11.8. The maximum Gasteiger partial charge on any atom is 0.220 e. The molecule has 1 atom stereocenters. The van der Waals surface area contributed by atoms with Crippen LogP contribution in [0.1, 0.15) is 36.3 Å². The van der Waals surface area contributed by atoms with E-state index < -0.39 is 0 Å². The lowest BCUT2D eigenvalue weighted by molar-refractivity contribution is -0.121. The van der Waals surface area contributed by atoms with Gasteiger partial charge < -0.3 is 5.32 Å². The monoisotopic (exact) mass is 258 g/mol. The van der Waals surface area contributed by atoms with Crippen molar-refractivity contribution in [3.8, 4) is 0 Å². The summed E-state index contributed by atoms with van der Waals surface area (Å²) in [7, 11) is 0. The van der Waals surface area contributed by atoms with E-state index in [0.717, 1.165) is 17.0 Å². The lowest BCUT2D eigenvalue weighted by atomic mass is 10.1. The van der Waals surface area contributed by atoms with E-state index in [0.29, 0.717) is 12.8 Å². The molecule has 0 fully saturated rings. The van der Waals surface area contributed by atoms with Crippen molar-refractivity contribution >= 4 is 5.91 Å². The molecule has 0 saturated carbocycles. The van der Waals surface area contributed by atoms with Crippen LogP contribution in [0, 0.1) is 6.92 Å². The minimum absolute atomic E-state index is 0.0250. The number of hydrogen-bond donors (Lipinski definition) is 2. The van der Waals surface area contributed by atoms with Gasteiger partial charge in [-0.05, 0) is 38.0 Å². The van der Waals surface area contributed by atoms with Gasteiger partial charge in [-0.25, -0.2) is 0 Å². The fraction of sp³-hybridized carbons (Fsp3) is 0.357. The number of hydrogen-bond acceptors (Lipinski definition) is 3. The summed E-state index contributed by atoms with van der Waals surface area (Å²) in [5, 5.41) is 9.54. The van der Waals surface area contributed by atoms with Gasteiger partial charge in [-0.3, -0.25) is 14.9 Å². The third-order valence-electron chi connectivity index (χ3n) is 2.93. The smallest absolute Gasteiger partial charge is 0.220 e. The highest BCUT2D eigenvalue weighted by Crippen LogP contribution is 2.10. The average Bonchev–Trinajstić information content (AvgIpc) is 2.89. The summed E-state index contributed by atoms with van der Waals surface area (Å²) in [5.41, 5.74) is 2.88. The molecule has 0 radical (unpaired) electrons. The molecule has 0 spiro atoms. The summed E-state index contributed by atoms with van der Waals surface area (Å²) in [5.74, 6) is 0.0250.